The third-order valence-corrected chi connectivity index (χ3v) is 8.51. The fourth-order valence-corrected chi connectivity index (χ4v) is 6.27. The third kappa shape index (κ3) is 8.93. The van der Waals surface area contributed by atoms with Crippen molar-refractivity contribution in [3.63, 3.8) is 0 Å². The lowest BCUT2D eigenvalue weighted by molar-refractivity contribution is -0.284. The minimum Gasteiger partial charge on any atom is -0.497 e. The molecule has 268 valence electrons. The molecule has 1 heterocycles. The fourth-order valence-electron chi connectivity index (χ4n) is 6.27. The van der Waals surface area contributed by atoms with Crippen molar-refractivity contribution in [2.24, 2.45) is 0 Å². The van der Waals surface area contributed by atoms with Crippen LogP contribution >= 0.6 is 0 Å². The number of hydrogen-bond acceptors (Lipinski definition) is 10. The normalized spacial score (nSPS) is 20.1. The molecule has 11 heteroatoms. The highest BCUT2D eigenvalue weighted by molar-refractivity contribution is 5.73. The van der Waals surface area contributed by atoms with Gasteiger partial charge < -0.3 is 38.5 Å². The first-order valence-electron chi connectivity index (χ1n) is 16.6. The zero-order chi connectivity index (χ0) is 36.4. The van der Waals surface area contributed by atoms with Gasteiger partial charge in [0.05, 0.1) is 27.4 Å². The molecule has 0 bridgehead atoms. The van der Waals surface area contributed by atoms with Crippen LogP contribution in [0.2, 0.25) is 0 Å². The summed E-state index contributed by atoms with van der Waals surface area (Å²) in [6.45, 7) is 3.75. The van der Waals surface area contributed by atoms with E-state index in [1.807, 2.05) is 109 Å². The molecule has 1 aliphatic rings. The highest BCUT2D eigenvalue weighted by Crippen LogP contribution is 2.42. The molecule has 51 heavy (non-hydrogen) atoms. The van der Waals surface area contributed by atoms with Crippen molar-refractivity contribution in [1.29, 1.82) is 0 Å². The Labute approximate surface area is 297 Å². The van der Waals surface area contributed by atoms with Crippen LogP contribution in [0.1, 0.15) is 43.0 Å². The van der Waals surface area contributed by atoms with Crippen LogP contribution in [0.4, 0.5) is 0 Å². The molecule has 1 saturated heterocycles. The largest absolute Gasteiger partial charge is 0.497 e. The summed E-state index contributed by atoms with van der Waals surface area (Å²) in [6.07, 6.45) is -4.55. The number of methoxy groups -OCH3 is 2. The molecule has 0 aromatic heterocycles. The van der Waals surface area contributed by atoms with E-state index in [4.69, 9.17) is 33.2 Å². The van der Waals surface area contributed by atoms with E-state index in [1.165, 1.54) is 20.8 Å². The second-order valence-corrected chi connectivity index (χ2v) is 12.0. The first kappa shape index (κ1) is 37.0. The predicted octanol–water partition coefficient (Wildman–Crippen LogP) is 5.32. The number of rotatable bonds is 14. The van der Waals surface area contributed by atoms with Crippen molar-refractivity contribution in [1.82, 2.24) is 5.32 Å². The van der Waals surface area contributed by atoms with E-state index < -0.39 is 54.1 Å². The highest BCUT2D eigenvalue weighted by atomic mass is 16.7. The lowest BCUT2D eigenvalue weighted by atomic mass is 9.80. The van der Waals surface area contributed by atoms with Gasteiger partial charge in [-0.1, -0.05) is 84.9 Å². The van der Waals surface area contributed by atoms with Gasteiger partial charge in [-0.3, -0.25) is 14.4 Å². The van der Waals surface area contributed by atoms with E-state index in [9.17, 15) is 14.4 Å². The van der Waals surface area contributed by atoms with Crippen LogP contribution in [0.5, 0.6) is 11.5 Å². The Morgan fingerprint density at radius 3 is 1.65 bits per heavy atom. The van der Waals surface area contributed by atoms with Crippen LogP contribution in [0.3, 0.4) is 0 Å². The van der Waals surface area contributed by atoms with Gasteiger partial charge >= 0.3 is 11.9 Å². The molecule has 1 N–H and O–H groups in total. The summed E-state index contributed by atoms with van der Waals surface area (Å²) in [6, 6.07) is 33.1. The maximum absolute atomic E-state index is 12.6. The first-order chi connectivity index (χ1) is 24.6. The Morgan fingerprint density at radius 2 is 1.16 bits per heavy atom. The molecule has 0 spiro atoms. The lowest BCUT2D eigenvalue weighted by Gasteiger charge is -2.46. The van der Waals surface area contributed by atoms with Crippen molar-refractivity contribution in [2.75, 3.05) is 20.8 Å². The minimum atomic E-state index is -1.24. The Morgan fingerprint density at radius 1 is 0.667 bits per heavy atom. The predicted molar refractivity (Wildman–Crippen MR) is 187 cm³/mol. The van der Waals surface area contributed by atoms with E-state index in [0.717, 1.165) is 22.3 Å². The molecule has 1 aliphatic heterocycles. The van der Waals surface area contributed by atoms with Crippen LogP contribution in [0.25, 0.3) is 0 Å². The SMILES string of the molecule is COc1ccc(C(OCC2O[C@H](OCc3ccccc3)C(NC(C)=O)[C@H](OC(C)=O)[C@H]2OC(C)=O)(c2ccccc2)c2ccc(OC)cc2)cc1. The molecule has 11 nitrogen and oxygen atoms in total. The van der Waals surface area contributed by atoms with Crippen LogP contribution in [-0.2, 0) is 50.3 Å². The number of ether oxygens (including phenoxy) is 7. The second-order valence-electron chi connectivity index (χ2n) is 12.0. The summed E-state index contributed by atoms with van der Waals surface area (Å²) in [7, 11) is 3.19. The molecule has 5 atom stereocenters. The third-order valence-electron chi connectivity index (χ3n) is 8.51. The summed E-state index contributed by atoms with van der Waals surface area (Å²) in [4.78, 5) is 37.6. The van der Waals surface area contributed by atoms with Gasteiger partial charge in [0.2, 0.25) is 5.91 Å². The Kier molecular flexibility index (Phi) is 12.4. The monoisotopic (exact) mass is 697 g/mol. The van der Waals surface area contributed by atoms with Gasteiger partial charge in [0, 0.05) is 20.8 Å². The van der Waals surface area contributed by atoms with Crippen LogP contribution in [0, 0.1) is 0 Å². The number of hydrogen-bond donors (Lipinski definition) is 1. The Bertz CT molecular complexity index is 1680. The average molecular weight is 698 g/mol. The molecule has 2 unspecified atom stereocenters. The molecule has 4 aromatic carbocycles. The molecule has 0 radical (unpaired) electrons. The maximum atomic E-state index is 12.6. The molecule has 5 rings (SSSR count). The number of carbonyl (C=O) groups excluding carboxylic acids is 3. The van der Waals surface area contributed by atoms with E-state index >= 15 is 0 Å². The fraction of sp³-hybridized carbons (Fsp3) is 0.325. The highest BCUT2D eigenvalue weighted by Gasteiger charge is 2.52. The zero-order valence-electron chi connectivity index (χ0n) is 29.3. The molecular formula is C40H43NO10. The maximum Gasteiger partial charge on any atom is 0.303 e. The van der Waals surface area contributed by atoms with Crippen molar-refractivity contribution >= 4 is 17.8 Å². The van der Waals surface area contributed by atoms with Crippen molar-refractivity contribution in [3.8, 4) is 11.5 Å². The van der Waals surface area contributed by atoms with E-state index in [1.54, 1.807) is 14.2 Å². The number of carbonyl (C=O) groups is 3. The summed E-state index contributed by atoms with van der Waals surface area (Å²) in [5.74, 6) is -0.394. The van der Waals surface area contributed by atoms with Crippen LogP contribution in [-0.4, -0.2) is 69.3 Å². The summed E-state index contributed by atoms with van der Waals surface area (Å²) < 4.78 is 42.4. The average Bonchev–Trinajstić information content (AvgIpc) is 3.14. The first-order valence-corrected chi connectivity index (χ1v) is 16.6. The molecule has 1 fully saturated rings. The van der Waals surface area contributed by atoms with Gasteiger partial charge in [-0.25, -0.2) is 0 Å². The molecule has 0 saturated carbocycles. The summed E-state index contributed by atoms with van der Waals surface area (Å²) in [5, 5.41) is 2.80. The molecule has 0 aliphatic carbocycles. The summed E-state index contributed by atoms with van der Waals surface area (Å²) in [5.41, 5.74) is 1.94. The van der Waals surface area contributed by atoms with Gasteiger partial charge in [-0.05, 0) is 46.5 Å². The number of benzene rings is 4. The number of amides is 1. The molecule has 4 aromatic rings. The second kappa shape index (κ2) is 17.1. The zero-order valence-corrected chi connectivity index (χ0v) is 29.3. The van der Waals surface area contributed by atoms with Crippen LogP contribution in [0.15, 0.2) is 109 Å². The minimum absolute atomic E-state index is 0.117. The Balaban J connectivity index is 1.61. The number of nitrogens with one attached hydrogen (secondary N) is 1. The van der Waals surface area contributed by atoms with Gasteiger partial charge in [0.15, 0.2) is 18.5 Å². The Hall–Kier alpha value is -5.23. The van der Waals surface area contributed by atoms with Gasteiger partial charge in [0.25, 0.3) is 0 Å². The van der Waals surface area contributed by atoms with Gasteiger partial charge in [-0.15, -0.1) is 0 Å². The molecule has 1 amide bonds. The van der Waals surface area contributed by atoms with Gasteiger partial charge in [-0.2, -0.15) is 0 Å². The standard InChI is InChI=1S/C40H43NO10/c1-26(42)41-36-38(50-28(3)44)37(49-27(2)43)35(51-39(36)47-24-29-12-8-6-9-13-29)25-48-40(30-14-10-7-11-15-30,31-16-20-33(45-4)21-17-31)32-18-22-34(46-5)23-19-32/h6-23,35-39H,24-25H2,1-5H3,(H,41,42)/t35?,36?,37-,38-,39-/m0/s1. The summed E-state index contributed by atoms with van der Waals surface area (Å²) >= 11 is 0. The smallest absolute Gasteiger partial charge is 0.303 e. The van der Waals surface area contributed by atoms with E-state index in [-0.39, 0.29) is 13.2 Å². The number of esters is 2. The van der Waals surface area contributed by atoms with Crippen LogP contribution < -0.4 is 14.8 Å². The van der Waals surface area contributed by atoms with Gasteiger partial charge in [0.1, 0.15) is 29.2 Å². The van der Waals surface area contributed by atoms with E-state index in [0.29, 0.717) is 11.5 Å². The van der Waals surface area contributed by atoms with E-state index in [2.05, 4.69) is 5.32 Å². The van der Waals surface area contributed by atoms with Crippen molar-refractivity contribution < 1.29 is 47.5 Å². The van der Waals surface area contributed by atoms with Crippen molar-refractivity contribution in [3.05, 3.63) is 131 Å². The molecular weight excluding hydrogens is 654 g/mol. The quantitative estimate of drug-likeness (QED) is 0.137. The topological polar surface area (TPSA) is 128 Å². The lowest BCUT2D eigenvalue weighted by Crippen LogP contribution is -2.66. The van der Waals surface area contributed by atoms with Crippen molar-refractivity contribution in [2.45, 2.75) is 63.6 Å².